The molecule has 1 N–H and O–H groups in total. The SMILES string of the molecule is CC(C)C(CC[C@@H](C)CC(=O)[O-])=NO. The molecule has 0 aromatic rings. The Morgan fingerprint density at radius 1 is 1.43 bits per heavy atom. The summed E-state index contributed by atoms with van der Waals surface area (Å²) in [5.41, 5.74) is 0.718. The molecule has 0 aliphatic carbocycles. The van der Waals surface area contributed by atoms with Crippen LogP contribution in [0.25, 0.3) is 0 Å². The fourth-order valence-electron chi connectivity index (χ4n) is 1.24. The molecule has 0 spiro atoms. The molecule has 0 bridgehead atoms. The molecule has 0 aromatic carbocycles. The monoisotopic (exact) mass is 200 g/mol. The summed E-state index contributed by atoms with van der Waals surface area (Å²) in [7, 11) is 0. The van der Waals surface area contributed by atoms with E-state index in [9.17, 15) is 9.90 Å². The first-order valence-electron chi connectivity index (χ1n) is 4.88. The lowest BCUT2D eigenvalue weighted by Crippen LogP contribution is -2.24. The van der Waals surface area contributed by atoms with Crippen LogP contribution >= 0.6 is 0 Å². The van der Waals surface area contributed by atoms with Crippen LogP contribution in [0, 0.1) is 11.8 Å². The molecule has 0 rings (SSSR count). The van der Waals surface area contributed by atoms with Crippen LogP contribution in [0.3, 0.4) is 0 Å². The predicted molar refractivity (Wildman–Crippen MR) is 52.1 cm³/mol. The third-order valence-electron chi connectivity index (χ3n) is 2.20. The number of hydrogen-bond acceptors (Lipinski definition) is 4. The van der Waals surface area contributed by atoms with E-state index in [1.807, 2.05) is 20.8 Å². The van der Waals surface area contributed by atoms with E-state index in [-0.39, 0.29) is 18.3 Å². The van der Waals surface area contributed by atoms with E-state index in [0.29, 0.717) is 12.8 Å². The zero-order chi connectivity index (χ0) is 11.1. The highest BCUT2D eigenvalue weighted by Gasteiger charge is 2.09. The summed E-state index contributed by atoms with van der Waals surface area (Å²) >= 11 is 0. The normalized spacial score (nSPS) is 14.4. The first kappa shape index (κ1) is 12.9. The molecule has 0 unspecified atom stereocenters. The minimum atomic E-state index is -1.02. The van der Waals surface area contributed by atoms with Gasteiger partial charge in [-0.1, -0.05) is 25.9 Å². The van der Waals surface area contributed by atoms with Crippen LogP contribution in [0.1, 0.15) is 40.0 Å². The highest BCUT2D eigenvalue weighted by atomic mass is 16.4. The maximum atomic E-state index is 10.3. The lowest BCUT2D eigenvalue weighted by atomic mass is 9.96. The lowest BCUT2D eigenvalue weighted by molar-refractivity contribution is -0.306. The third-order valence-corrected chi connectivity index (χ3v) is 2.20. The Balaban J connectivity index is 3.86. The van der Waals surface area contributed by atoms with Gasteiger partial charge in [0.25, 0.3) is 0 Å². The Morgan fingerprint density at radius 3 is 2.36 bits per heavy atom. The minimum Gasteiger partial charge on any atom is -0.550 e. The number of carbonyl (C=O) groups excluding carboxylic acids is 1. The number of rotatable bonds is 6. The molecule has 82 valence electrons. The molecule has 0 fully saturated rings. The molecule has 4 heteroatoms. The molecule has 0 heterocycles. The predicted octanol–water partition coefficient (Wildman–Crippen LogP) is 1.03. The van der Waals surface area contributed by atoms with Gasteiger partial charge in [-0.25, -0.2) is 0 Å². The Bertz CT molecular complexity index is 211. The van der Waals surface area contributed by atoms with Gasteiger partial charge in [0, 0.05) is 5.97 Å². The summed E-state index contributed by atoms with van der Waals surface area (Å²) in [5, 5.41) is 22.1. The Morgan fingerprint density at radius 2 is 2.00 bits per heavy atom. The van der Waals surface area contributed by atoms with Crippen molar-refractivity contribution in [2.75, 3.05) is 0 Å². The molecule has 0 saturated carbocycles. The van der Waals surface area contributed by atoms with Crippen LogP contribution < -0.4 is 5.11 Å². The molecule has 4 nitrogen and oxygen atoms in total. The second kappa shape index (κ2) is 6.40. The second-order valence-corrected chi connectivity index (χ2v) is 3.97. The van der Waals surface area contributed by atoms with Crippen molar-refractivity contribution in [3.8, 4) is 0 Å². The molecular formula is C10H18NO3-. The number of oxime groups is 1. The van der Waals surface area contributed by atoms with Gasteiger partial charge in [0.2, 0.25) is 0 Å². The largest absolute Gasteiger partial charge is 0.550 e. The van der Waals surface area contributed by atoms with Crippen molar-refractivity contribution in [3.63, 3.8) is 0 Å². The van der Waals surface area contributed by atoms with Gasteiger partial charge in [0.1, 0.15) is 0 Å². The van der Waals surface area contributed by atoms with Crippen molar-refractivity contribution in [1.29, 1.82) is 0 Å². The Kier molecular flexibility index (Phi) is 5.92. The smallest absolute Gasteiger partial charge is 0.0596 e. The first-order chi connectivity index (χ1) is 6.47. The third kappa shape index (κ3) is 5.56. The van der Waals surface area contributed by atoms with Crippen molar-refractivity contribution in [2.45, 2.75) is 40.0 Å². The lowest BCUT2D eigenvalue weighted by Gasteiger charge is -2.13. The summed E-state index contributed by atoms with van der Waals surface area (Å²) in [5.74, 6) is -0.754. The van der Waals surface area contributed by atoms with Gasteiger partial charge in [-0.15, -0.1) is 0 Å². The average Bonchev–Trinajstić information content (AvgIpc) is 2.03. The van der Waals surface area contributed by atoms with Gasteiger partial charge in [-0.05, 0) is 31.1 Å². The topological polar surface area (TPSA) is 72.7 Å². The maximum Gasteiger partial charge on any atom is 0.0596 e. The van der Waals surface area contributed by atoms with Crippen molar-refractivity contribution in [1.82, 2.24) is 0 Å². The summed E-state index contributed by atoms with van der Waals surface area (Å²) in [6.07, 6.45) is 1.42. The highest BCUT2D eigenvalue weighted by Crippen LogP contribution is 2.13. The summed E-state index contributed by atoms with van der Waals surface area (Å²) < 4.78 is 0. The number of carboxylic acid groups (broad SMARTS) is 1. The zero-order valence-electron chi connectivity index (χ0n) is 8.99. The van der Waals surface area contributed by atoms with E-state index in [4.69, 9.17) is 5.21 Å². The van der Waals surface area contributed by atoms with E-state index in [1.54, 1.807) is 0 Å². The van der Waals surface area contributed by atoms with E-state index < -0.39 is 5.97 Å². The van der Waals surface area contributed by atoms with E-state index in [0.717, 1.165) is 5.71 Å². The maximum absolute atomic E-state index is 10.3. The number of carboxylic acids is 1. The Hall–Kier alpha value is -1.06. The van der Waals surface area contributed by atoms with E-state index in [1.165, 1.54) is 0 Å². The molecule has 0 saturated heterocycles. The van der Waals surface area contributed by atoms with Gasteiger partial charge in [-0.3, -0.25) is 0 Å². The van der Waals surface area contributed by atoms with Gasteiger partial charge in [0.15, 0.2) is 0 Å². The quantitative estimate of drug-likeness (QED) is 0.395. The zero-order valence-corrected chi connectivity index (χ0v) is 8.99. The van der Waals surface area contributed by atoms with Crippen LogP contribution in [-0.2, 0) is 4.79 Å². The number of aliphatic carboxylic acids is 1. The number of hydrogen-bond donors (Lipinski definition) is 1. The summed E-state index contributed by atoms with van der Waals surface area (Å²) in [6, 6.07) is 0. The second-order valence-electron chi connectivity index (χ2n) is 3.97. The van der Waals surface area contributed by atoms with E-state index in [2.05, 4.69) is 5.16 Å². The molecule has 0 aliphatic heterocycles. The number of carbonyl (C=O) groups is 1. The van der Waals surface area contributed by atoms with Gasteiger partial charge in [0.05, 0.1) is 5.71 Å². The standard InChI is InChI=1S/C10H19NO3/c1-7(2)9(11-14)5-4-8(3)6-10(12)13/h7-8,14H,4-6H2,1-3H3,(H,12,13)/p-1/t8-/m1/s1. The molecule has 1 atom stereocenters. The molecular weight excluding hydrogens is 182 g/mol. The van der Waals surface area contributed by atoms with Crippen LogP contribution in [0.2, 0.25) is 0 Å². The van der Waals surface area contributed by atoms with Gasteiger partial charge >= 0.3 is 0 Å². The molecule has 0 aromatic heterocycles. The highest BCUT2D eigenvalue weighted by molar-refractivity contribution is 5.85. The molecule has 14 heavy (non-hydrogen) atoms. The molecule has 0 radical (unpaired) electrons. The summed E-state index contributed by atoms with van der Waals surface area (Å²) in [6.45, 7) is 5.74. The fourth-order valence-corrected chi connectivity index (χ4v) is 1.24. The van der Waals surface area contributed by atoms with E-state index >= 15 is 0 Å². The minimum absolute atomic E-state index is 0.0653. The van der Waals surface area contributed by atoms with Crippen molar-refractivity contribution in [2.24, 2.45) is 17.0 Å². The van der Waals surface area contributed by atoms with Crippen LogP contribution in [0.15, 0.2) is 5.16 Å². The van der Waals surface area contributed by atoms with Gasteiger partial charge < -0.3 is 15.1 Å². The first-order valence-corrected chi connectivity index (χ1v) is 4.88. The molecule has 0 aliphatic rings. The van der Waals surface area contributed by atoms with Crippen molar-refractivity contribution in [3.05, 3.63) is 0 Å². The number of nitrogens with zero attached hydrogens (tertiary/aromatic N) is 1. The van der Waals surface area contributed by atoms with Crippen LogP contribution in [-0.4, -0.2) is 16.9 Å². The summed E-state index contributed by atoms with van der Waals surface area (Å²) in [4.78, 5) is 10.3. The fraction of sp³-hybridized carbons (Fsp3) is 0.800. The van der Waals surface area contributed by atoms with Crippen molar-refractivity contribution >= 4 is 11.7 Å². The van der Waals surface area contributed by atoms with Crippen molar-refractivity contribution < 1.29 is 15.1 Å². The van der Waals surface area contributed by atoms with Gasteiger partial charge in [-0.2, -0.15) is 0 Å². The average molecular weight is 200 g/mol. The van der Waals surface area contributed by atoms with Crippen LogP contribution in [0.4, 0.5) is 0 Å². The molecule has 0 amide bonds. The Labute approximate surface area is 84.6 Å². The van der Waals surface area contributed by atoms with Crippen LogP contribution in [0.5, 0.6) is 0 Å².